The van der Waals surface area contributed by atoms with Crippen molar-refractivity contribution in [2.75, 3.05) is 5.32 Å². The fourth-order valence-electron chi connectivity index (χ4n) is 2.60. The maximum Gasteiger partial charge on any atom is 0.241 e. The number of nitrogens with one attached hydrogen (secondary N) is 2. The van der Waals surface area contributed by atoms with Gasteiger partial charge in [-0.2, -0.15) is 0 Å². The minimum absolute atomic E-state index is 0. The summed E-state index contributed by atoms with van der Waals surface area (Å²) in [7, 11) is 0. The lowest BCUT2D eigenvalue weighted by molar-refractivity contribution is -0.119. The zero-order valence-corrected chi connectivity index (χ0v) is 15.9. The van der Waals surface area contributed by atoms with Crippen LogP contribution in [0.15, 0.2) is 18.2 Å². The van der Waals surface area contributed by atoms with Gasteiger partial charge in [-0.05, 0) is 36.5 Å². The SMILES string of the molecule is CC(C)(C)[C@H](N)C(=O)Nc1ccc2nc(C3CCC3)[nH]c2c1.Cl.Cl. The Hall–Kier alpha value is -1.30. The maximum absolute atomic E-state index is 12.2. The van der Waals surface area contributed by atoms with Gasteiger partial charge in [0, 0.05) is 11.6 Å². The lowest BCUT2D eigenvalue weighted by Crippen LogP contribution is -2.45. The average Bonchev–Trinajstić information content (AvgIpc) is 2.76. The van der Waals surface area contributed by atoms with E-state index in [2.05, 4.69) is 15.3 Å². The fraction of sp³-hybridized carbons (Fsp3) is 0.529. The highest BCUT2D eigenvalue weighted by Crippen LogP contribution is 2.35. The van der Waals surface area contributed by atoms with Crippen LogP contribution in [0.4, 0.5) is 5.69 Å². The van der Waals surface area contributed by atoms with E-state index in [9.17, 15) is 4.79 Å². The zero-order valence-electron chi connectivity index (χ0n) is 14.3. The Morgan fingerprint density at radius 3 is 2.54 bits per heavy atom. The highest BCUT2D eigenvalue weighted by atomic mass is 35.5. The van der Waals surface area contributed by atoms with Crippen LogP contribution in [0.3, 0.4) is 0 Å². The molecule has 1 aromatic heterocycles. The van der Waals surface area contributed by atoms with Crippen molar-refractivity contribution in [3.8, 4) is 0 Å². The number of hydrogen-bond donors (Lipinski definition) is 3. The first-order valence-electron chi connectivity index (χ1n) is 7.91. The first kappa shape index (κ1) is 20.7. The monoisotopic (exact) mass is 372 g/mol. The summed E-state index contributed by atoms with van der Waals surface area (Å²) in [5, 5.41) is 2.90. The number of aromatic nitrogens is 2. The second-order valence-corrected chi connectivity index (χ2v) is 7.31. The third-order valence-electron chi connectivity index (χ3n) is 4.48. The molecule has 134 valence electrons. The molecule has 1 atom stereocenters. The van der Waals surface area contributed by atoms with Crippen molar-refractivity contribution in [3.05, 3.63) is 24.0 Å². The van der Waals surface area contributed by atoms with E-state index < -0.39 is 6.04 Å². The highest BCUT2D eigenvalue weighted by molar-refractivity contribution is 5.96. The summed E-state index contributed by atoms with van der Waals surface area (Å²) in [5.41, 5.74) is 8.39. The van der Waals surface area contributed by atoms with Gasteiger partial charge in [0.05, 0.1) is 17.1 Å². The van der Waals surface area contributed by atoms with Gasteiger partial charge in [0.2, 0.25) is 5.91 Å². The van der Waals surface area contributed by atoms with Gasteiger partial charge in [-0.3, -0.25) is 4.79 Å². The number of nitrogens with two attached hydrogens (primary N) is 1. The number of carbonyl (C=O) groups is 1. The van der Waals surface area contributed by atoms with Crippen LogP contribution in [-0.4, -0.2) is 21.9 Å². The largest absolute Gasteiger partial charge is 0.342 e. The number of rotatable bonds is 3. The van der Waals surface area contributed by atoms with Crippen LogP contribution >= 0.6 is 24.8 Å². The minimum atomic E-state index is -0.546. The molecule has 0 aliphatic heterocycles. The highest BCUT2D eigenvalue weighted by Gasteiger charge is 2.27. The van der Waals surface area contributed by atoms with Gasteiger partial charge >= 0.3 is 0 Å². The Morgan fingerprint density at radius 2 is 2.00 bits per heavy atom. The lowest BCUT2D eigenvalue weighted by atomic mass is 9.85. The number of amides is 1. The van der Waals surface area contributed by atoms with E-state index in [0.29, 0.717) is 5.92 Å². The van der Waals surface area contributed by atoms with Gasteiger partial charge in [-0.25, -0.2) is 4.98 Å². The van der Waals surface area contributed by atoms with Crippen LogP contribution in [0.5, 0.6) is 0 Å². The second kappa shape index (κ2) is 7.72. The third-order valence-corrected chi connectivity index (χ3v) is 4.48. The maximum atomic E-state index is 12.2. The standard InChI is InChI=1S/C17H24N4O.2ClH/c1-17(2,3)14(18)16(22)19-11-7-8-12-13(9-11)21-15(20-12)10-5-4-6-10;;/h7-10,14H,4-6,18H2,1-3H3,(H,19,22)(H,20,21);2*1H/t14-;;/m1../s1. The van der Waals surface area contributed by atoms with Crippen molar-refractivity contribution in [1.82, 2.24) is 9.97 Å². The van der Waals surface area contributed by atoms with Gasteiger partial charge in [-0.15, -0.1) is 24.8 Å². The third kappa shape index (κ3) is 4.21. The molecule has 3 rings (SSSR count). The number of carbonyl (C=O) groups excluding carboxylic acids is 1. The molecule has 1 fully saturated rings. The van der Waals surface area contributed by atoms with Crippen LogP contribution in [0.2, 0.25) is 0 Å². The van der Waals surface area contributed by atoms with Crippen molar-refractivity contribution in [3.63, 3.8) is 0 Å². The summed E-state index contributed by atoms with van der Waals surface area (Å²) in [5.74, 6) is 1.47. The van der Waals surface area contributed by atoms with Crippen LogP contribution < -0.4 is 11.1 Å². The molecule has 1 aliphatic rings. The molecule has 0 saturated heterocycles. The lowest BCUT2D eigenvalue weighted by Gasteiger charge is -2.25. The Bertz CT molecular complexity index is 704. The number of aromatic amines is 1. The van der Waals surface area contributed by atoms with Crippen molar-refractivity contribution < 1.29 is 4.79 Å². The Kier molecular flexibility index (Phi) is 6.67. The van der Waals surface area contributed by atoms with Gasteiger partial charge < -0.3 is 16.0 Å². The summed E-state index contributed by atoms with van der Waals surface area (Å²) < 4.78 is 0. The summed E-state index contributed by atoms with van der Waals surface area (Å²) in [6.07, 6.45) is 3.71. The van der Waals surface area contributed by atoms with Crippen molar-refractivity contribution in [1.29, 1.82) is 0 Å². The number of anilines is 1. The molecule has 1 amide bonds. The summed E-state index contributed by atoms with van der Waals surface area (Å²) in [4.78, 5) is 20.2. The van der Waals surface area contributed by atoms with Gasteiger partial charge in [0.1, 0.15) is 5.82 Å². The Morgan fingerprint density at radius 1 is 1.33 bits per heavy atom. The van der Waals surface area contributed by atoms with Gasteiger partial charge in [-0.1, -0.05) is 27.2 Å². The molecule has 1 heterocycles. The fourth-order valence-corrected chi connectivity index (χ4v) is 2.60. The van der Waals surface area contributed by atoms with E-state index in [1.54, 1.807) is 0 Å². The van der Waals surface area contributed by atoms with E-state index in [0.717, 1.165) is 22.5 Å². The number of hydrogen-bond acceptors (Lipinski definition) is 3. The molecule has 2 aromatic rings. The van der Waals surface area contributed by atoms with E-state index in [1.165, 1.54) is 19.3 Å². The average molecular weight is 373 g/mol. The molecule has 0 spiro atoms. The number of nitrogens with zero attached hydrogens (tertiary/aromatic N) is 1. The van der Waals surface area contributed by atoms with E-state index in [-0.39, 0.29) is 36.1 Å². The van der Waals surface area contributed by atoms with Crippen LogP contribution in [0, 0.1) is 5.41 Å². The molecule has 7 heteroatoms. The van der Waals surface area contributed by atoms with Crippen LogP contribution in [-0.2, 0) is 4.79 Å². The molecule has 1 aliphatic carbocycles. The van der Waals surface area contributed by atoms with E-state index in [4.69, 9.17) is 5.73 Å². The molecule has 1 aromatic carbocycles. The number of H-pyrrole nitrogens is 1. The molecule has 0 bridgehead atoms. The van der Waals surface area contributed by atoms with Gasteiger partial charge in [0.25, 0.3) is 0 Å². The Labute approximate surface area is 155 Å². The number of halogens is 2. The molecular weight excluding hydrogens is 347 g/mol. The summed E-state index contributed by atoms with van der Waals surface area (Å²) in [6, 6.07) is 5.20. The molecule has 4 N–H and O–H groups in total. The number of fused-ring (bicyclic) bond motifs is 1. The zero-order chi connectivity index (χ0) is 15.9. The predicted octanol–water partition coefficient (Wildman–Crippen LogP) is 3.99. The first-order valence-corrected chi connectivity index (χ1v) is 7.91. The van der Waals surface area contributed by atoms with Gasteiger partial charge in [0.15, 0.2) is 0 Å². The molecule has 0 radical (unpaired) electrons. The quantitative estimate of drug-likeness (QED) is 0.761. The van der Waals surface area contributed by atoms with E-state index in [1.807, 2.05) is 39.0 Å². The minimum Gasteiger partial charge on any atom is -0.342 e. The van der Waals surface area contributed by atoms with E-state index >= 15 is 0 Å². The second-order valence-electron chi connectivity index (χ2n) is 7.31. The Balaban J connectivity index is 0.00000144. The number of imidazole rings is 1. The smallest absolute Gasteiger partial charge is 0.241 e. The summed E-state index contributed by atoms with van der Waals surface area (Å²) in [6.45, 7) is 5.88. The van der Waals surface area contributed by atoms with Crippen LogP contribution in [0.1, 0.15) is 51.8 Å². The molecule has 1 saturated carbocycles. The summed E-state index contributed by atoms with van der Waals surface area (Å²) >= 11 is 0. The van der Waals surface area contributed by atoms with Crippen molar-refractivity contribution in [2.45, 2.75) is 52.0 Å². The molecule has 0 unspecified atom stereocenters. The normalized spacial score (nSPS) is 15.8. The molecule has 5 nitrogen and oxygen atoms in total. The number of benzene rings is 1. The topological polar surface area (TPSA) is 83.8 Å². The molecule has 24 heavy (non-hydrogen) atoms. The van der Waals surface area contributed by atoms with Crippen LogP contribution in [0.25, 0.3) is 11.0 Å². The predicted molar refractivity (Wildman–Crippen MR) is 103 cm³/mol. The van der Waals surface area contributed by atoms with Crippen molar-refractivity contribution in [2.24, 2.45) is 11.1 Å². The first-order chi connectivity index (χ1) is 10.3. The van der Waals surface area contributed by atoms with Crippen molar-refractivity contribution >= 4 is 47.4 Å². The molecular formula is C17H26Cl2N4O.